The maximum atomic E-state index is 5.25. The second kappa shape index (κ2) is 7.22. The van der Waals surface area contributed by atoms with E-state index < -0.39 is 0 Å². The first-order chi connectivity index (χ1) is 9.60. The summed E-state index contributed by atoms with van der Waals surface area (Å²) >= 11 is 3.39. The lowest BCUT2D eigenvalue weighted by molar-refractivity contribution is 0.371. The molecule has 1 aromatic heterocycles. The summed E-state index contributed by atoms with van der Waals surface area (Å²) in [6.07, 6.45) is 4.22. The fraction of sp³-hybridized carbons (Fsp3) is 0.714. The van der Waals surface area contributed by atoms with Gasteiger partial charge in [-0.1, -0.05) is 13.8 Å². The SMILES string of the molecule is COc1nc(N2CCCC(CNC(C)C)C2)ncc1Br. The third kappa shape index (κ3) is 4.06. The first-order valence-corrected chi connectivity index (χ1v) is 7.94. The van der Waals surface area contributed by atoms with Gasteiger partial charge in [0.2, 0.25) is 11.8 Å². The Morgan fingerprint density at radius 3 is 3.05 bits per heavy atom. The van der Waals surface area contributed by atoms with Crippen LogP contribution in [0.15, 0.2) is 10.7 Å². The van der Waals surface area contributed by atoms with Crippen molar-refractivity contribution in [3.8, 4) is 5.88 Å². The summed E-state index contributed by atoms with van der Waals surface area (Å²) < 4.78 is 6.04. The van der Waals surface area contributed by atoms with Crippen molar-refractivity contribution in [1.29, 1.82) is 0 Å². The van der Waals surface area contributed by atoms with Crippen molar-refractivity contribution in [3.05, 3.63) is 10.7 Å². The zero-order chi connectivity index (χ0) is 14.5. The monoisotopic (exact) mass is 342 g/mol. The van der Waals surface area contributed by atoms with Gasteiger partial charge in [0.05, 0.1) is 17.8 Å². The van der Waals surface area contributed by atoms with Crippen LogP contribution in [0, 0.1) is 5.92 Å². The van der Waals surface area contributed by atoms with E-state index in [0.29, 0.717) is 17.8 Å². The number of piperidine rings is 1. The van der Waals surface area contributed by atoms with Gasteiger partial charge in [0, 0.05) is 19.1 Å². The zero-order valence-corrected chi connectivity index (χ0v) is 14.0. The molecule has 1 aliphatic heterocycles. The molecule has 1 atom stereocenters. The molecule has 0 aromatic carbocycles. The summed E-state index contributed by atoms with van der Waals surface area (Å²) in [5, 5.41) is 3.52. The highest BCUT2D eigenvalue weighted by Crippen LogP contribution is 2.26. The van der Waals surface area contributed by atoms with E-state index in [-0.39, 0.29) is 0 Å². The summed E-state index contributed by atoms with van der Waals surface area (Å²) in [6.45, 7) is 7.45. The van der Waals surface area contributed by atoms with E-state index in [1.54, 1.807) is 13.3 Å². The number of nitrogens with zero attached hydrogens (tertiary/aromatic N) is 3. The molecule has 0 saturated carbocycles. The molecule has 1 aromatic rings. The molecule has 1 N–H and O–H groups in total. The van der Waals surface area contributed by atoms with Gasteiger partial charge in [-0.2, -0.15) is 4.98 Å². The van der Waals surface area contributed by atoms with Crippen LogP contribution >= 0.6 is 15.9 Å². The summed E-state index contributed by atoms with van der Waals surface area (Å²) in [5.74, 6) is 2.01. The zero-order valence-electron chi connectivity index (χ0n) is 12.4. The molecule has 0 spiro atoms. The third-order valence-electron chi connectivity index (χ3n) is 3.51. The van der Waals surface area contributed by atoms with Crippen LogP contribution in [0.25, 0.3) is 0 Å². The fourth-order valence-corrected chi connectivity index (χ4v) is 2.81. The quantitative estimate of drug-likeness (QED) is 0.890. The van der Waals surface area contributed by atoms with Gasteiger partial charge in [-0.25, -0.2) is 4.98 Å². The number of hydrogen-bond donors (Lipinski definition) is 1. The van der Waals surface area contributed by atoms with Crippen LogP contribution in [0.1, 0.15) is 26.7 Å². The molecule has 0 bridgehead atoms. The molecular formula is C14H23BrN4O. The van der Waals surface area contributed by atoms with E-state index in [9.17, 15) is 0 Å². The van der Waals surface area contributed by atoms with Crippen molar-refractivity contribution in [2.24, 2.45) is 5.92 Å². The first-order valence-electron chi connectivity index (χ1n) is 7.15. The predicted octanol–water partition coefficient (Wildman–Crippen LogP) is 2.46. The second-order valence-corrected chi connectivity index (χ2v) is 6.40. The van der Waals surface area contributed by atoms with E-state index >= 15 is 0 Å². The number of rotatable bonds is 5. The van der Waals surface area contributed by atoms with Gasteiger partial charge in [0.25, 0.3) is 0 Å². The van der Waals surface area contributed by atoms with Crippen LogP contribution in [0.2, 0.25) is 0 Å². The van der Waals surface area contributed by atoms with Gasteiger partial charge in [-0.3, -0.25) is 0 Å². The molecule has 6 heteroatoms. The van der Waals surface area contributed by atoms with Gasteiger partial charge in [-0.05, 0) is 41.2 Å². The van der Waals surface area contributed by atoms with Gasteiger partial charge in [0.1, 0.15) is 0 Å². The minimum absolute atomic E-state index is 0.536. The van der Waals surface area contributed by atoms with E-state index in [1.807, 2.05) is 0 Å². The fourth-order valence-electron chi connectivity index (χ4n) is 2.45. The van der Waals surface area contributed by atoms with Crippen molar-refractivity contribution >= 4 is 21.9 Å². The van der Waals surface area contributed by atoms with Crippen LogP contribution in [-0.4, -0.2) is 42.8 Å². The molecule has 1 fully saturated rings. The standard InChI is InChI=1S/C14H23BrN4O/c1-10(2)16-7-11-5-4-6-19(9-11)14-17-8-12(15)13(18-14)20-3/h8,10-11,16H,4-7,9H2,1-3H3. The largest absolute Gasteiger partial charge is 0.480 e. The summed E-state index contributed by atoms with van der Waals surface area (Å²) in [5.41, 5.74) is 0. The molecule has 0 aliphatic carbocycles. The molecule has 1 aliphatic rings. The highest BCUT2D eigenvalue weighted by molar-refractivity contribution is 9.10. The average molecular weight is 343 g/mol. The number of ether oxygens (including phenoxy) is 1. The summed E-state index contributed by atoms with van der Waals surface area (Å²) in [4.78, 5) is 11.1. The summed E-state index contributed by atoms with van der Waals surface area (Å²) in [6, 6.07) is 0.536. The number of anilines is 1. The van der Waals surface area contributed by atoms with Crippen molar-refractivity contribution in [2.75, 3.05) is 31.6 Å². The molecular weight excluding hydrogens is 320 g/mol. The van der Waals surface area contributed by atoms with Crippen LogP contribution in [0.5, 0.6) is 5.88 Å². The Kier molecular flexibility index (Phi) is 5.60. The van der Waals surface area contributed by atoms with Crippen molar-refractivity contribution in [3.63, 3.8) is 0 Å². The Balaban J connectivity index is 2.01. The number of hydrogen-bond acceptors (Lipinski definition) is 5. The van der Waals surface area contributed by atoms with Crippen molar-refractivity contribution in [2.45, 2.75) is 32.7 Å². The third-order valence-corrected chi connectivity index (χ3v) is 4.05. The van der Waals surface area contributed by atoms with Crippen LogP contribution in [0.4, 0.5) is 5.95 Å². The molecule has 5 nitrogen and oxygen atoms in total. The Morgan fingerprint density at radius 1 is 1.55 bits per heavy atom. The number of aromatic nitrogens is 2. The molecule has 20 heavy (non-hydrogen) atoms. The summed E-state index contributed by atoms with van der Waals surface area (Å²) in [7, 11) is 1.63. The Bertz CT molecular complexity index is 441. The van der Waals surface area contributed by atoms with Crippen LogP contribution < -0.4 is 15.0 Å². The number of halogens is 1. The second-order valence-electron chi connectivity index (χ2n) is 5.54. The predicted molar refractivity (Wildman–Crippen MR) is 84.4 cm³/mol. The van der Waals surface area contributed by atoms with Crippen LogP contribution in [-0.2, 0) is 0 Å². The molecule has 1 saturated heterocycles. The molecule has 2 rings (SSSR count). The maximum Gasteiger partial charge on any atom is 0.232 e. The molecule has 0 radical (unpaired) electrons. The van der Waals surface area contributed by atoms with E-state index in [4.69, 9.17) is 4.74 Å². The highest BCUT2D eigenvalue weighted by atomic mass is 79.9. The lowest BCUT2D eigenvalue weighted by Gasteiger charge is -2.33. The molecule has 0 amide bonds. The molecule has 2 heterocycles. The molecule has 112 valence electrons. The van der Waals surface area contributed by atoms with Crippen molar-refractivity contribution < 1.29 is 4.74 Å². The Morgan fingerprint density at radius 2 is 2.35 bits per heavy atom. The lowest BCUT2D eigenvalue weighted by Crippen LogP contribution is -2.41. The first kappa shape index (κ1) is 15.5. The average Bonchev–Trinajstić information content (AvgIpc) is 2.46. The van der Waals surface area contributed by atoms with Crippen molar-refractivity contribution in [1.82, 2.24) is 15.3 Å². The lowest BCUT2D eigenvalue weighted by atomic mass is 9.98. The van der Waals surface area contributed by atoms with E-state index in [0.717, 1.165) is 30.1 Å². The highest BCUT2D eigenvalue weighted by Gasteiger charge is 2.22. The van der Waals surface area contributed by atoms with Crippen LogP contribution in [0.3, 0.4) is 0 Å². The van der Waals surface area contributed by atoms with Gasteiger partial charge in [-0.15, -0.1) is 0 Å². The minimum atomic E-state index is 0.536. The van der Waals surface area contributed by atoms with Gasteiger partial charge >= 0.3 is 0 Å². The van der Waals surface area contributed by atoms with E-state index in [2.05, 4.69) is 50.0 Å². The van der Waals surface area contributed by atoms with E-state index in [1.165, 1.54) is 12.8 Å². The minimum Gasteiger partial charge on any atom is -0.480 e. The Labute approximate surface area is 129 Å². The maximum absolute atomic E-state index is 5.25. The van der Waals surface area contributed by atoms with Gasteiger partial charge < -0.3 is 15.0 Å². The Hall–Kier alpha value is -0.880. The normalized spacial score (nSPS) is 19.4. The smallest absolute Gasteiger partial charge is 0.232 e. The topological polar surface area (TPSA) is 50.3 Å². The number of nitrogens with one attached hydrogen (secondary N) is 1. The number of methoxy groups -OCH3 is 1. The van der Waals surface area contributed by atoms with Gasteiger partial charge in [0.15, 0.2) is 0 Å². The molecule has 1 unspecified atom stereocenters.